The topological polar surface area (TPSA) is 85.8 Å². The van der Waals surface area contributed by atoms with Crippen molar-refractivity contribution in [3.05, 3.63) is 119 Å². The molecule has 2 aromatic heterocycles. The van der Waals surface area contributed by atoms with E-state index in [1.165, 1.54) is 0 Å². The third-order valence-corrected chi connectivity index (χ3v) is 5.34. The zero-order chi connectivity index (χ0) is 24.3. The molecule has 4 aromatic rings. The van der Waals surface area contributed by atoms with Gasteiger partial charge in [-0.05, 0) is 41.5 Å². The summed E-state index contributed by atoms with van der Waals surface area (Å²) in [5.41, 5.74) is 4.07. The van der Waals surface area contributed by atoms with Crippen molar-refractivity contribution in [2.24, 2.45) is 0 Å². The fourth-order valence-electron chi connectivity index (χ4n) is 3.61. The van der Waals surface area contributed by atoms with Gasteiger partial charge in [0.15, 0.2) is 5.82 Å². The Labute approximate surface area is 205 Å². The molecule has 1 aliphatic rings. The largest absolute Gasteiger partial charge is 0.487 e. The Bertz CT molecular complexity index is 1310. The van der Waals surface area contributed by atoms with Gasteiger partial charge in [-0.2, -0.15) is 5.21 Å². The van der Waals surface area contributed by atoms with Gasteiger partial charge in [0.1, 0.15) is 12.4 Å². The van der Waals surface area contributed by atoms with Crippen molar-refractivity contribution in [2.45, 2.75) is 39.6 Å². The van der Waals surface area contributed by atoms with Crippen LogP contribution in [0.15, 0.2) is 96.8 Å². The van der Waals surface area contributed by atoms with Gasteiger partial charge in [0.25, 0.3) is 0 Å². The van der Waals surface area contributed by atoms with Gasteiger partial charge in [0.05, 0.1) is 23.9 Å². The maximum atomic E-state index is 6.13. The fourth-order valence-corrected chi connectivity index (χ4v) is 3.61. The molecule has 1 aliphatic carbocycles. The third kappa shape index (κ3) is 6.71. The summed E-state index contributed by atoms with van der Waals surface area (Å²) < 4.78 is 12.1. The van der Waals surface area contributed by atoms with Crippen molar-refractivity contribution in [2.75, 3.05) is 0 Å². The molecule has 0 saturated carbocycles. The number of hydrogen-bond acceptors (Lipinski definition) is 6. The lowest BCUT2D eigenvalue weighted by Crippen LogP contribution is -2.08. The molecule has 0 spiro atoms. The summed E-state index contributed by atoms with van der Waals surface area (Å²) in [7, 11) is 0. The summed E-state index contributed by atoms with van der Waals surface area (Å²) in [6.45, 7) is 4.88. The molecule has 7 heteroatoms. The number of ether oxygens (including phenoxy) is 2. The van der Waals surface area contributed by atoms with Gasteiger partial charge >= 0.3 is 0 Å². The first-order chi connectivity index (χ1) is 17.3. The molecule has 0 saturated heterocycles. The minimum atomic E-state index is -0.153. The van der Waals surface area contributed by atoms with Crippen LogP contribution in [0, 0.1) is 0 Å². The molecule has 1 N–H and O–H groups in total. The van der Waals surface area contributed by atoms with E-state index in [9.17, 15) is 0 Å². The van der Waals surface area contributed by atoms with E-state index in [4.69, 9.17) is 9.47 Å². The van der Waals surface area contributed by atoms with Crippen LogP contribution in [0.5, 0.6) is 0 Å². The van der Waals surface area contributed by atoms with Crippen LogP contribution in [0.2, 0.25) is 0 Å². The molecule has 35 heavy (non-hydrogen) atoms. The molecule has 178 valence electrons. The zero-order valence-corrected chi connectivity index (χ0v) is 20.0. The Balaban J connectivity index is 0.00000141. The standard InChI is InChI=1S/C26H23N5O2.C2H6/c1-2-8-21(20(7-1)16-26-28-30-31-29-26)17-32-23-9-5-10-24(15-14-23)33-18-22-13-12-19-6-3-4-11-25(19)27-22;1-2/h1-15,23H,16-18H2,(H,28,29,30,31);1-2H3. The van der Waals surface area contributed by atoms with Gasteiger partial charge in [-0.15, -0.1) is 10.2 Å². The zero-order valence-electron chi connectivity index (χ0n) is 20.0. The van der Waals surface area contributed by atoms with Gasteiger partial charge in [0, 0.05) is 11.8 Å². The molecular weight excluding hydrogens is 438 g/mol. The van der Waals surface area contributed by atoms with Crippen LogP contribution < -0.4 is 0 Å². The highest BCUT2D eigenvalue weighted by atomic mass is 16.5. The van der Waals surface area contributed by atoms with Crippen molar-refractivity contribution in [3.8, 4) is 0 Å². The van der Waals surface area contributed by atoms with Gasteiger partial charge in [-0.3, -0.25) is 0 Å². The summed E-state index contributed by atoms with van der Waals surface area (Å²) in [6.07, 6.45) is 10.3. The minimum absolute atomic E-state index is 0.153. The number of para-hydroxylation sites is 1. The second-order valence-electron chi connectivity index (χ2n) is 7.65. The van der Waals surface area contributed by atoms with Crippen LogP contribution in [0.1, 0.15) is 36.5 Å². The number of aromatic nitrogens is 5. The predicted molar refractivity (Wildman–Crippen MR) is 136 cm³/mol. The first-order valence-corrected chi connectivity index (χ1v) is 11.8. The average Bonchev–Trinajstić information content (AvgIpc) is 3.32. The molecule has 7 nitrogen and oxygen atoms in total. The Morgan fingerprint density at radius 2 is 1.71 bits per heavy atom. The number of tetrazole rings is 1. The molecule has 5 rings (SSSR count). The van der Waals surface area contributed by atoms with Crippen LogP contribution in [0.4, 0.5) is 0 Å². The fraction of sp³-hybridized carbons (Fsp3) is 0.214. The number of nitrogens with zero attached hydrogens (tertiary/aromatic N) is 4. The molecule has 0 aliphatic heterocycles. The Kier molecular flexibility index (Phi) is 8.51. The monoisotopic (exact) mass is 467 g/mol. The molecule has 1 atom stereocenters. The van der Waals surface area contributed by atoms with E-state index in [1.54, 1.807) is 0 Å². The summed E-state index contributed by atoms with van der Waals surface area (Å²) in [4.78, 5) is 4.66. The van der Waals surface area contributed by atoms with Crippen molar-refractivity contribution in [1.82, 2.24) is 25.6 Å². The van der Waals surface area contributed by atoms with Crippen LogP contribution in [0.3, 0.4) is 0 Å². The van der Waals surface area contributed by atoms with E-state index < -0.39 is 0 Å². The second kappa shape index (κ2) is 12.4. The molecule has 2 heterocycles. The summed E-state index contributed by atoms with van der Waals surface area (Å²) in [5.74, 6) is 1.42. The van der Waals surface area contributed by atoms with Crippen molar-refractivity contribution in [3.63, 3.8) is 0 Å². The number of H-pyrrole nitrogens is 1. The predicted octanol–water partition coefficient (Wildman–Crippen LogP) is 5.48. The highest BCUT2D eigenvalue weighted by molar-refractivity contribution is 5.78. The van der Waals surface area contributed by atoms with Crippen molar-refractivity contribution >= 4 is 10.9 Å². The number of fused-ring (bicyclic) bond motifs is 1. The second-order valence-corrected chi connectivity index (χ2v) is 7.65. The number of pyridine rings is 1. The van der Waals surface area contributed by atoms with E-state index in [0.29, 0.717) is 25.5 Å². The quantitative estimate of drug-likeness (QED) is 0.369. The van der Waals surface area contributed by atoms with Gasteiger partial charge in [-0.25, -0.2) is 4.98 Å². The van der Waals surface area contributed by atoms with Crippen LogP contribution in [-0.4, -0.2) is 31.7 Å². The number of aromatic amines is 1. The van der Waals surface area contributed by atoms with Crippen LogP contribution in [0.25, 0.3) is 10.9 Å². The van der Waals surface area contributed by atoms with Crippen molar-refractivity contribution < 1.29 is 9.47 Å². The molecule has 0 bridgehead atoms. The normalized spacial score (nSPS) is 14.7. The van der Waals surface area contributed by atoms with Crippen LogP contribution >= 0.6 is 0 Å². The molecule has 2 aromatic carbocycles. The van der Waals surface area contributed by atoms with E-state index in [2.05, 4.69) is 49.9 Å². The molecular formula is C28H29N5O2. The molecule has 0 amide bonds. The average molecular weight is 468 g/mol. The minimum Gasteiger partial charge on any atom is -0.487 e. The van der Waals surface area contributed by atoms with Crippen molar-refractivity contribution in [1.29, 1.82) is 0 Å². The number of nitrogens with one attached hydrogen (secondary N) is 1. The van der Waals surface area contributed by atoms with Crippen LogP contribution in [-0.2, 0) is 29.1 Å². The van der Waals surface area contributed by atoms with E-state index in [1.807, 2.05) is 80.6 Å². The van der Waals surface area contributed by atoms with Gasteiger partial charge < -0.3 is 9.47 Å². The number of rotatable bonds is 8. The smallest absolute Gasteiger partial charge is 0.178 e. The first-order valence-electron chi connectivity index (χ1n) is 11.8. The van der Waals surface area contributed by atoms with Gasteiger partial charge in [-0.1, -0.05) is 79.7 Å². The Morgan fingerprint density at radius 1 is 0.886 bits per heavy atom. The van der Waals surface area contributed by atoms with E-state index >= 15 is 0 Å². The molecule has 0 fully saturated rings. The first kappa shape index (κ1) is 24.0. The number of benzene rings is 2. The van der Waals surface area contributed by atoms with E-state index in [0.717, 1.165) is 33.5 Å². The highest BCUT2D eigenvalue weighted by Gasteiger charge is 2.10. The maximum absolute atomic E-state index is 6.13. The maximum Gasteiger partial charge on any atom is 0.178 e. The highest BCUT2D eigenvalue weighted by Crippen LogP contribution is 2.17. The van der Waals surface area contributed by atoms with E-state index in [-0.39, 0.29) is 6.10 Å². The number of hydrogen-bond donors (Lipinski definition) is 1. The lowest BCUT2D eigenvalue weighted by Gasteiger charge is -2.12. The van der Waals surface area contributed by atoms with Gasteiger partial charge in [0.2, 0.25) is 0 Å². The summed E-state index contributed by atoms with van der Waals surface area (Å²) in [6, 6.07) is 20.3. The summed E-state index contributed by atoms with van der Waals surface area (Å²) in [5, 5.41) is 15.3. The third-order valence-electron chi connectivity index (χ3n) is 5.34. The molecule has 1 unspecified atom stereocenters. The lowest BCUT2D eigenvalue weighted by molar-refractivity contribution is 0.101. The Morgan fingerprint density at radius 3 is 2.57 bits per heavy atom. The molecule has 0 radical (unpaired) electrons. The Hall–Kier alpha value is -4.10. The SMILES string of the molecule is C1=CC(OCc2ccccc2Cc2nn[nH]n2)C=CC(OCc2ccc3ccccc3n2)=C1.CC. The summed E-state index contributed by atoms with van der Waals surface area (Å²) >= 11 is 0. The lowest BCUT2D eigenvalue weighted by atomic mass is 10.0. The number of allylic oxidation sites excluding steroid dienone is 3.